The highest BCUT2D eigenvalue weighted by atomic mass is 16.5. The van der Waals surface area contributed by atoms with E-state index >= 15 is 0 Å². The number of aromatic hydroxyl groups is 1. The predicted molar refractivity (Wildman–Crippen MR) is 109 cm³/mol. The number of phenolic OH excluding ortho intramolecular Hbond substituents is 1. The maximum Gasteiger partial charge on any atom is 0.338 e. The summed E-state index contributed by atoms with van der Waals surface area (Å²) in [6.45, 7) is 3.33. The molecule has 9 nitrogen and oxygen atoms in total. The first-order valence-corrected chi connectivity index (χ1v) is 9.31. The summed E-state index contributed by atoms with van der Waals surface area (Å²) in [4.78, 5) is 35.9. The van der Waals surface area contributed by atoms with Crippen LogP contribution in [0.25, 0.3) is 0 Å². The molecule has 2 N–H and O–H groups in total. The molecule has 30 heavy (non-hydrogen) atoms. The number of esters is 1. The van der Waals surface area contributed by atoms with Crippen LogP contribution in [0.4, 0.5) is 5.69 Å². The average molecular weight is 412 g/mol. The molecule has 0 saturated carbocycles. The molecule has 1 atom stereocenters. The van der Waals surface area contributed by atoms with E-state index in [1.807, 2.05) is 0 Å². The standard InChI is InChI=1S/C21H24N4O5/c1-4-30-21(29)16-7-9-17(10-8-16)23-24-25(3)20(28)19(22-14(2)26)13-15-5-11-18(27)12-6-15/h5-12,19,27H,4,13H2,1-3H3,(H,22,26)/t19-/m0/s1. The third kappa shape index (κ3) is 6.69. The zero-order valence-corrected chi connectivity index (χ0v) is 17.0. The highest BCUT2D eigenvalue weighted by Gasteiger charge is 2.23. The maximum atomic E-state index is 12.7. The van der Waals surface area contributed by atoms with Gasteiger partial charge >= 0.3 is 5.97 Å². The Kier molecular flexibility index (Phi) is 8.04. The first kappa shape index (κ1) is 22.5. The van der Waals surface area contributed by atoms with E-state index in [1.165, 1.54) is 26.1 Å². The van der Waals surface area contributed by atoms with Gasteiger partial charge in [-0.15, -0.1) is 5.11 Å². The van der Waals surface area contributed by atoms with Gasteiger partial charge in [-0.3, -0.25) is 9.59 Å². The molecule has 9 heteroatoms. The number of hydrogen-bond acceptors (Lipinski definition) is 7. The summed E-state index contributed by atoms with van der Waals surface area (Å²) < 4.78 is 4.92. The van der Waals surface area contributed by atoms with Crippen molar-refractivity contribution in [2.45, 2.75) is 26.3 Å². The van der Waals surface area contributed by atoms with Crippen LogP contribution in [0, 0.1) is 0 Å². The normalized spacial score (nSPS) is 11.7. The number of rotatable bonds is 8. The van der Waals surface area contributed by atoms with Crippen LogP contribution in [0.2, 0.25) is 0 Å². The van der Waals surface area contributed by atoms with Crippen molar-refractivity contribution in [1.29, 1.82) is 0 Å². The minimum atomic E-state index is -0.845. The topological polar surface area (TPSA) is 121 Å². The summed E-state index contributed by atoms with van der Waals surface area (Å²) in [5.74, 6) is -1.13. The zero-order valence-electron chi connectivity index (χ0n) is 17.0. The molecular formula is C21H24N4O5. The fraction of sp³-hybridized carbons (Fsp3) is 0.286. The second kappa shape index (κ2) is 10.7. The molecule has 2 amide bonds. The minimum absolute atomic E-state index is 0.112. The Bertz CT molecular complexity index is 910. The Morgan fingerprint density at radius 3 is 2.30 bits per heavy atom. The van der Waals surface area contributed by atoms with E-state index in [4.69, 9.17) is 4.74 Å². The molecule has 0 aliphatic rings. The molecule has 0 aromatic heterocycles. The molecule has 0 unspecified atom stereocenters. The smallest absolute Gasteiger partial charge is 0.338 e. The second-order valence-electron chi connectivity index (χ2n) is 6.44. The highest BCUT2D eigenvalue weighted by molar-refractivity contribution is 5.89. The van der Waals surface area contributed by atoms with Gasteiger partial charge in [0, 0.05) is 20.4 Å². The number of likely N-dealkylation sites (N-methyl/N-ethyl adjacent to an activating group) is 1. The van der Waals surface area contributed by atoms with E-state index < -0.39 is 17.9 Å². The number of carbonyl (C=O) groups is 3. The van der Waals surface area contributed by atoms with E-state index in [1.54, 1.807) is 43.3 Å². The van der Waals surface area contributed by atoms with Crippen LogP contribution in [0.1, 0.15) is 29.8 Å². The molecular weight excluding hydrogens is 388 g/mol. The van der Waals surface area contributed by atoms with Gasteiger partial charge in [-0.25, -0.2) is 9.80 Å². The van der Waals surface area contributed by atoms with E-state index in [0.29, 0.717) is 11.3 Å². The van der Waals surface area contributed by atoms with Crippen LogP contribution in [-0.4, -0.2) is 47.6 Å². The fourth-order valence-electron chi connectivity index (χ4n) is 2.58. The molecule has 0 saturated heterocycles. The average Bonchev–Trinajstić information content (AvgIpc) is 2.72. The SMILES string of the molecule is CCOC(=O)c1ccc(N=NN(C)C(=O)[C@H](Cc2ccc(O)cc2)NC(C)=O)cc1. The van der Waals surface area contributed by atoms with Crippen molar-refractivity contribution in [1.82, 2.24) is 10.3 Å². The van der Waals surface area contributed by atoms with Crippen molar-refractivity contribution in [2.75, 3.05) is 13.7 Å². The number of phenols is 1. The molecule has 2 aromatic carbocycles. The highest BCUT2D eigenvalue weighted by Crippen LogP contribution is 2.16. The van der Waals surface area contributed by atoms with Crippen molar-refractivity contribution in [2.24, 2.45) is 10.3 Å². The molecule has 0 radical (unpaired) electrons. The molecule has 0 aliphatic carbocycles. The first-order valence-electron chi connectivity index (χ1n) is 9.31. The van der Waals surface area contributed by atoms with Crippen LogP contribution in [0.3, 0.4) is 0 Å². The van der Waals surface area contributed by atoms with Crippen LogP contribution in [0.15, 0.2) is 58.9 Å². The largest absolute Gasteiger partial charge is 0.508 e. The molecule has 0 aliphatic heterocycles. The number of benzene rings is 2. The van der Waals surface area contributed by atoms with Gasteiger partial charge in [-0.1, -0.05) is 17.4 Å². The Balaban J connectivity index is 2.07. The van der Waals surface area contributed by atoms with Gasteiger partial charge in [0.2, 0.25) is 5.91 Å². The Morgan fingerprint density at radius 1 is 1.10 bits per heavy atom. The summed E-state index contributed by atoms with van der Waals surface area (Å²) >= 11 is 0. The maximum absolute atomic E-state index is 12.7. The number of nitrogens with one attached hydrogen (secondary N) is 1. The summed E-state index contributed by atoms with van der Waals surface area (Å²) in [6.07, 6.45) is 0.229. The molecule has 0 bridgehead atoms. The zero-order chi connectivity index (χ0) is 22.1. The lowest BCUT2D eigenvalue weighted by Crippen LogP contribution is -2.46. The van der Waals surface area contributed by atoms with Crippen LogP contribution >= 0.6 is 0 Å². The van der Waals surface area contributed by atoms with Crippen LogP contribution < -0.4 is 5.32 Å². The van der Waals surface area contributed by atoms with E-state index in [0.717, 1.165) is 10.6 Å². The van der Waals surface area contributed by atoms with Crippen molar-refractivity contribution in [3.63, 3.8) is 0 Å². The molecule has 2 aromatic rings. The lowest BCUT2D eigenvalue weighted by molar-refractivity contribution is -0.135. The summed E-state index contributed by atoms with van der Waals surface area (Å²) in [5, 5.41) is 20.9. The van der Waals surface area contributed by atoms with Crippen LogP contribution in [-0.2, 0) is 20.7 Å². The van der Waals surface area contributed by atoms with Crippen molar-refractivity contribution in [3.8, 4) is 5.75 Å². The van der Waals surface area contributed by atoms with Crippen molar-refractivity contribution >= 4 is 23.5 Å². The van der Waals surface area contributed by atoms with Gasteiger partial charge < -0.3 is 15.2 Å². The molecule has 0 heterocycles. The van der Waals surface area contributed by atoms with E-state index in [2.05, 4.69) is 15.7 Å². The van der Waals surface area contributed by atoms with Gasteiger partial charge in [-0.2, -0.15) is 0 Å². The third-order valence-electron chi connectivity index (χ3n) is 4.04. The summed E-state index contributed by atoms with van der Waals surface area (Å²) in [6, 6.07) is 11.8. The lowest BCUT2D eigenvalue weighted by atomic mass is 10.0. The molecule has 2 rings (SSSR count). The van der Waals surface area contributed by atoms with Gasteiger partial charge in [0.15, 0.2) is 0 Å². The minimum Gasteiger partial charge on any atom is -0.508 e. The summed E-state index contributed by atoms with van der Waals surface area (Å²) in [7, 11) is 1.43. The van der Waals surface area contributed by atoms with Gasteiger partial charge in [0.05, 0.1) is 17.9 Å². The van der Waals surface area contributed by atoms with Crippen molar-refractivity contribution in [3.05, 3.63) is 59.7 Å². The van der Waals surface area contributed by atoms with Gasteiger partial charge in [-0.05, 0) is 48.9 Å². The molecule has 0 fully saturated rings. The Hall–Kier alpha value is -3.75. The first-order chi connectivity index (χ1) is 14.3. The second-order valence-corrected chi connectivity index (χ2v) is 6.44. The predicted octanol–water partition coefficient (Wildman–Crippen LogP) is 2.77. The monoisotopic (exact) mass is 412 g/mol. The third-order valence-corrected chi connectivity index (χ3v) is 4.04. The van der Waals surface area contributed by atoms with E-state index in [-0.39, 0.29) is 24.7 Å². The number of carbonyl (C=O) groups excluding carboxylic acids is 3. The quantitative estimate of drug-likeness (QED) is 0.392. The van der Waals surface area contributed by atoms with E-state index in [9.17, 15) is 19.5 Å². The number of ether oxygens (including phenoxy) is 1. The number of amides is 2. The number of nitrogens with zero attached hydrogens (tertiary/aromatic N) is 3. The van der Waals surface area contributed by atoms with Gasteiger partial charge in [0.25, 0.3) is 5.91 Å². The lowest BCUT2D eigenvalue weighted by Gasteiger charge is -2.20. The number of hydrogen-bond donors (Lipinski definition) is 2. The van der Waals surface area contributed by atoms with Gasteiger partial charge in [0.1, 0.15) is 11.8 Å². The summed E-state index contributed by atoms with van der Waals surface area (Å²) in [5.41, 5.74) is 1.59. The van der Waals surface area contributed by atoms with Crippen molar-refractivity contribution < 1.29 is 24.2 Å². The van der Waals surface area contributed by atoms with Crippen LogP contribution in [0.5, 0.6) is 5.75 Å². The molecule has 158 valence electrons. The Morgan fingerprint density at radius 2 is 1.73 bits per heavy atom. The molecule has 0 spiro atoms. The Labute approximate surface area is 174 Å². The fourth-order valence-corrected chi connectivity index (χ4v) is 2.58.